The van der Waals surface area contributed by atoms with Gasteiger partial charge in [-0.1, -0.05) is 12.1 Å². The molecule has 0 amide bonds. The normalized spacial score (nSPS) is 16.6. The molecule has 6 heteroatoms. The molecule has 0 saturated carbocycles. The summed E-state index contributed by atoms with van der Waals surface area (Å²) in [6.07, 6.45) is 2.22. The molecule has 1 aromatic carbocycles. The van der Waals surface area contributed by atoms with Gasteiger partial charge < -0.3 is 11.1 Å². The molecule has 0 aliphatic carbocycles. The molecular formula is C15H17N5S. The smallest absolute Gasteiger partial charge is 0.155 e. The van der Waals surface area contributed by atoms with Crippen molar-refractivity contribution in [1.82, 2.24) is 20.5 Å². The van der Waals surface area contributed by atoms with Crippen LogP contribution in [0.4, 0.5) is 5.82 Å². The molecule has 5 nitrogen and oxygen atoms in total. The second kappa shape index (κ2) is 5.13. The van der Waals surface area contributed by atoms with E-state index >= 15 is 0 Å². The third-order valence-corrected chi connectivity index (χ3v) is 5.13. The number of nitrogens with one attached hydrogen (secondary N) is 2. The van der Waals surface area contributed by atoms with Gasteiger partial charge >= 0.3 is 0 Å². The fourth-order valence-corrected chi connectivity index (χ4v) is 4.01. The summed E-state index contributed by atoms with van der Waals surface area (Å²) < 4.78 is 1.18. The van der Waals surface area contributed by atoms with Crippen molar-refractivity contribution < 1.29 is 0 Å². The molecule has 0 spiro atoms. The third kappa shape index (κ3) is 2.20. The van der Waals surface area contributed by atoms with Crippen LogP contribution in [0, 0.1) is 0 Å². The van der Waals surface area contributed by atoms with E-state index in [9.17, 15) is 0 Å². The van der Waals surface area contributed by atoms with Crippen LogP contribution in [0.5, 0.6) is 0 Å². The lowest BCUT2D eigenvalue weighted by molar-refractivity contribution is 0.453. The van der Waals surface area contributed by atoms with Crippen LogP contribution in [-0.2, 0) is 0 Å². The molecule has 0 atom stereocenters. The van der Waals surface area contributed by atoms with Crippen LogP contribution in [0.15, 0.2) is 24.3 Å². The summed E-state index contributed by atoms with van der Waals surface area (Å²) in [5, 5.41) is 11.7. The number of benzene rings is 1. The zero-order valence-corrected chi connectivity index (χ0v) is 12.4. The van der Waals surface area contributed by atoms with Crippen molar-refractivity contribution in [2.24, 2.45) is 0 Å². The lowest BCUT2D eigenvalue weighted by Gasteiger charge is -2.22. The molecule has 1 aliphatic heterocycles. The van der Waals surface area contributed by atoms with Gasteiger partial charge in [0.05, 0.1) is 21.5 Å². The van der Waals surface area contributed by atoms with Crippen LogP contribution < -0.4 is 11.1 Å². The topological polar surface area (TPSA) is 79.6 Å². The first-order chi connectivity index (χ1) is 10.3. The van der Waals surface area contributed by atoms with Gasteiger partial charge in [-0.05, 0) is 38.1 Å². The first kappa shape index (κ1) is 12.8. The molecule has 4 N–H and O–H groups in total. The van der Waals surface area contributed by atoms with E-state index in [0.29, 0.717) is 11.7 Å². The van der Waals surface area contributed by atoms with Gasteiger partial charge in [0, 0.05) is 5.92 Å². The number of hydrogen-bond acceptors (Lipinski definition) is 5. The standard InChI is InChI=1S/C15H17N5S/c16-14-12(13(19-20-14)9-5-7-17-8-6-9)15-18-10-3-1-2-4-11(10)21-15/h1-4,9,17H,5-8H2,(H3,16,19,20). The fraction of sp³-hybridized carbons (Fsp3) is 0.333. The number of H-pyrrole nitrogens is 1. The molecule has 3 heterocycles. The molecule has 108 valence electrons. The van der Waals surface area contributed by atoms with E-state index in [0.717, 1.165) is 47.7 Å². The molecule has 0 unspecified atom stereocenters. The van der Waals surface area contributed by atoms with Crippen LogP contribution in [0.3, 0.4) is 0 Å². The molecule has 21 heavy (non-hydrogen) atoms. The van der Waals surface area contributed by atoms with Crippen LogP contribution in [0.2, 0.25) is 0 Å². The van der Waals surface area contributed by atoms with Crippen molar-refractivity contribution in [3.05, 3.63) is 30.0 Å². The molecular weight excluding hydrogens is 282 g/mol. The maximum atomic E-state index is 6.11. The Kier molecular flexibility index (Phi) is 3.12. The van der Waals surface area contributed by atoms with E-state index in [4.69, 9.17) is 10.7 Å². The fourth-order valence-electron chi connectivity index (χ4n) is 2.98. The summed E-state index contributed by atoms with van der Waals surface area (Å²) in [5.41, 5.74) is 9.28. The number of aromatic nitrogens is 3. The minimum atomic E-state index is 0.484. The number of nitrogens with zero attached hydrogens (tertiary/aromatic N) is 2. The average molecular weight is 299 g/mol. The van der Waals surface area contributed by atoms with Crippen molar-refractivity contribution in [3.63, 3.8) is 0 Å². The van der Waals surface area contributed by atoms with E-state index in [-0.39, 0.29) is 0 Å². The molecule has 2 aromatic heterocycles. The summed E-state index contributed by atoms with van der Waals surface area (Å²) >= 11 is 1.68. The molecule has 1 fully saturated rings. The second-order valence-corrected chi connectivity index (χ2v) is 6.44. The van der Waals surface area contributed by atoms with Crippen LogP contribution in [0.1, 0.15) is 24.5 Å². The van der Waals surface area contributed by atoms with Gasteiger partial charge in [-0.2, -0.15) is 5.10 Å². The number of anilines is 1. The quantitative estimate of drug-likeness (QED) is 0.680. The Balaban J connectivity index is 1.81. The number of para-hydroxylation sites is 1. The van der Waals surface area contributed by atoms with Crippen molar-refractivity contribution in [2.75, 3.05) is 18.8 Å². The van der Waals surface area contributed by atoms with Gasteiger partial charge in [0.1, 0.15) is 5.01 Å². The number of nitrogen functional groups attached to an aromatic ring is 1. The maximum Gasteiger partial charge on any atom is 0.155 e. The average Bonchev–Trinajstić information content (AvgIpc) is 3.11. The number of hydrogen-bond donors (Lipinski definition) is 3. The molecule has 1 aliphatic rings. The zero-order chi connectivity index (χ0) is 14.2. The van der Waals surface area contributed by atoms with Crippen LogP contribution in [0.25, 0.3) is 20.8 Å². The molecule has 1 saturated heterocycles. The Hall–Kier alpha value is -1.92. The Bertz CT molecular complexity index is 736. The first-order valence-corrected chi connectivity index (χ1v) is 8.05. The summed E-state index contributed by atoms with van der Waals surface area (Å²) in [7, 11) is 0. The molecule has 0 radical (unpaired) electrons. The van der Waals surface area contributed by atoms with Crippen molar-refractivity contribution in [3.8, 4) is 10.6 Å². The van der Waals surface area contributed by atoms with Gasteiger partial charge in [0.2, 0.25) is 0 Å². The highest BCUT2D eigenvalue weighted by Crippen LogP contribution is 2.39. The summed E-state index contributed by atoms with van der Waals surface area (Å²) in [6.45, 7) is 2.09. The van der Waals surface area contributed by atoms with Gasteiger partial charge in [-0.15, -0.1) is 11.3 Å². The van der Waals surface area contributed by atoms with E-state index in [1.54, 1.807) is 11.3 Å². The first-order valence-electron chi connectivity index (χ1n) is 7.23. The molecule has 3 aromatic rings. The predicted molar refractivity (Wildman–Crippen MR) is 86.5 cm³/mol. The minimum absolute atomic E-state index is 0.484. The second-order valence-electron chi connectivity index (χ2n) is 5.41. The number of nitrogens with two attached hydrogens (primary N) is 1. The van der Waals surface area contributed by atoms with Crippen molar-refractivity contribution in [2.45, 2.75) is 18.8 Å². The SMILES string of the molecule is Nc1n[nH]c(C2CCNCC2)c1-c1nc2ccccc2s1. The summed E-state index contributed by atoms with van der Waals surface area (Å²) in [5.74, 6) is 1.04. The highest BCUT2D eigenvalue weighted by Gasteiger charge is 2.24. The maximum absolute atomic E-state index is 6.11. The Morgan fingerprint density at radius 3 is 2.81 bits per heavy atom. The van der Waals surface area contributed by atoms with E-state index < -0.39 is 0 Å². The van der Waals surface area contributed by atoms with Gasteiger partial charge in [0.15, 0.2) is 5.82 Å². The Labute approximate surface area is 126 Å². The monoisotopic (exact) mass is 299 g/mol. The van der Waals surface area contributed by atoms with Gasteiger partial charge in [-0.3, -0.25) is 5.10 Å². The van der Waals surface area contributed by atoms with Crippen LogP contribution >= 0.6 is 11.3 Å². The lowest BCUT2D eigenvalue weighted by atomic mass is 9.92. The summed E-state index contributed by atoms with van der Waals surface area (Å²) in [4.78, 5) is 4.73. The highest BCUT2D eigenvalue weighted by atomic mass is 32.1. The van der Waals surface area contributed by atoms with Crippen LogP contribution in [-0.4, -0.2) is 28.3 Å². The predicted octanol–water partition coefficient (Wildman–Crippen LogP) is 2.74. The lowest BCUT2D eigenvalue weighted by Crippen LogP contribution is -2.27. The molecule has 0 bridgehead atoms. The minimum Gasteiger partial charge on any atom is -0.382 e. The van der Waals surface area contributed by atoms with E-state index in [2.05, 4.69) is 21.6 Å². The van der Waals surface area contributed by atoms with Crippen molar-refractivity contribution >= 4 is 27.4 Å². The number of aromatic amines is 1. The Morgan fingerprint density at radius 1 is 1.19 bits per heavy atom. The molecule has 4 rings (SSSR count). The number of rotatable bonds is 2. The summed E-state index contributed by atoms with van der Waals surface area (Å²) in [6, 6.07) is 8.18. The largest absolute Gasteiger partial charge is 0.382 e. The number of fused-ring (bicyclic) bond motifs is 1. The van der Waals surface area contributed by atoms with Gasteiger partial charge in [0.25, 0.3) is 0 Å². The van der Waals surface area contributed by atoms with E-state index in [1.165, 1.54) is 4.70 Å². The number of piperidine rings is 1. The zero-order valence-electron chi connectivity index (χ0n) is 11.6. The van der Waals surface area contributed by atoms with Crippen molar-refractivity contribution in [1.29, 1.82) is 0 Å². The number of thiazole rings is 1. The van der Waals surface area contributed by atoms with Gasteiger partial charge in [-0.25, -0.2) is 4.98 Å². The van der Waals surface area contributed by atoms with E-state index in [1.807, 2.05) is 18.2 Å². The highest BCUT2D eigenvalue weighted by molar-refractivity contribution is 7.21. The Morgan fingerprint density at radius 2 is 2.00 bits per heavy atom. The third-order valence-electron chi connectivity index (χ3n) is 4.08.